The van der Waals surface area contributed by atoms with Gasteiger partial charge in [-0.15, -0.1) is 11.3 Å². The van der Waals surface area contributed by atoms with Crippen LogP contribution in [0.1, 0.15) is 16.6 Å². The molecule has 0 N–H and O–H groups in total. The Kier molecular flexibility index (Phi) is 4.92. The zero-order valence-electron chi connectivity index (χ0n) is 14.8. The predicted molar refractivity (Wildman–Crippen MR) is 97.3 cm³/mol. The molecule has 4 aromatic rings. The van der Waals surface area contributed by atoms with Crippen molar-refractivity contribution in [1.29, 1.82) is 0 Å². The van der Waals surface area contributed by atoms with Crippen LogP contribution in [0.3, 0.4) is 0 Å². The molecule has 0 unspecified atom stereocenters. The van der Waals surface area contributed by atoms with Crippen molar-refractivity contribution in [2.75, 3.05) is 4.90 Å². The smallest absolute Gasteiger partial charge is 0.329 e. The summed E-state index contributed by atoms with van der Waals surface area (Å²) in [4.78, 5) is 23.4. The normalized spacial score (nSPS) is 11.6. The third-order valence-corrected chi connectivity index (χ3v) is 4.84. The lowest BCUT2D eigenvalue weighted by Crippen LogP contribution is -2.17. The van der Waals surface area contributed by atoms with E-state index in [4.69, 9.17) is 0 Å². The van der Waals surface area contributed by atoms with Crippen LogP contribution in [-0.4, -0.2) is 30.1 Å². The van der Waals surface area contributed by atoms with Crippen molar-refractivity contribution in [2.45, 2.75) is 19.6 Å². The zero-order valence-corrected chi connectivity index (χ0v) is 15.6. The van der Waals surface area contributed by atoms with Gasteiger partial charge < -0.3 is 9.42 Å². The highest BCUT2D eigenvalue weighted by molar-refractivity contribution is 7.15. The third-order valence-electron chi connectivity index (χ3n) is 3.77. The lowest BCUT2D eigenvalue weighted by Gasteiger charge is -2.22. The first-order chi connectivity index (χ1) is 13.9. The molecule has 0 saturated carbocycles. The lowest BCUT2D eigenvalue weighted by atomic mass is 10.3. The molecule has 0 atom stereocenters. The van der Waals surface area contributed by atoms with Crippen LogP contribution in [0, 0.1) is 6.92 Å². The van der Waals surface area contributed by atoms with E-state index in [2.05, 4.69) is 34.6 Å². The van der Waals surface area contributed by atoms with Crippen LogP contribution in [0.15, 0.2) is 47.6 Å². The highest BCUT2D eigenvalue weighted by Gasteiger charge is 2.38. The van der Waals surface area contributed by atoms with Crippen molar-refractivity contribution in [3.05, 3.63) is 59.7 Å². The van der Waals surface area contributed by atoms with E-state index in [1.807, 2.05) is 4.90 Å². The molecule has 0 fully saturated rings. The predicted octanol–water partition coefficient (Wildman–Crippen LogP) is 4.04. The van der Waals surface area contributed by atoms with E-state index in [9.17, 15) is 13.2 Å². The van der Waals surface area contributed by atoms with Crippen LogP contribution in [0.4, 0.5) is 24.7 Å². The largest absolute Gasteiger partial charge is 0.471 e. The number of hydrogen-bond donors (Lipinski definition) is 0. The summed E-state index contributed by atoms with van der Waals surface area (Å²) in [7, 11) is 0. The fraction of sp³-hybridized carbons (Fsp3) is 0.176. The molecule has 29 heavy (non-hydrogen) atoms. The van der Waals surface area contributed by atoms with Crippen LogP contribution < -0.4 is 4.90 Å². The van der Waals surface area contributed by atoms with Crippen molar-refractivity contribution in [3.8, 4) is 10.7 Å². The Morgan fingerprint density at radius 3 is 2.52 bits per heavy atom. The fourth-order valence-corrected chi connectivity index (χ4v) is 3.36. The van der Waals surface area contributed by atoms with Gasteiger partial charge in [0.1, 0.15) is 5.82 Å². The fourth-order valence-electron chi connectivity index (χ4n) is 2.44. The Morgan fingerprint density at radius 2 is 1.86 bits per heavy atom. The molecular weight excluding hydrogens is 407 g/mol. The van der Waals surface area contributed by atoms with Gasteiger partial charge in [0.25, 0.3) is 0 Å². The number of anilines is 2. The van der Waals surface area contributed by atoms with Gasteiger partial charge in [0.2, 0.25) is 5.82 Å². The number of halogens is 3. The monoisotopic (exact) mass is 419 g/mol. The second-order valence-electron chi connectivity index (χ2n) is 5.83. The van der Waals surface area contributed by atoms with Gasteiger partial charge in [0.15, 0.2) is 5.82 Å². The molecule has 4 heterocycles. The lowest BCUT2D eigenvalue weighted by molar-refractivity contribution is -0.159. The van der Waals surface area contributed by atoms with Gasteiger partial charge in [-0.3, -0.25) is 4.98 Å². The van der Waals surface area contributed by atoms with Gasteiger partial charge >= 0.3 is 12.1 Å². The molecule has 0 aliphatic rings. The van der Waals surface area contributed by atoms with Crippen molar-refractivity contribution in [3.63, 3.8) is 0 Å². The summed E-state index contributed by atoms with van der Waals surface area (Å²) in [6, 6.07) is 3.42. The summed E-state index contributed by atoms with van der Waals surface area (Å²) in [5.41, 5.74) is 0.699. The Morgan fingerprint density at radius 1 is 1.07 bits per heavy atom. The number of rotatable bonds is 5. The number of thiophene rings is 1. The minimum Gasteiger partial charge on any atom is -0.329 e. The third kappa shape index (κ3) is 4.21. The average molecular weight is 419 g/mol. The van der Waals surface area contributed by atoms with Crippen molar-refractivity contribution in [2.24, 2.45) is 0 Å². The molecule has 4 rings (SSSR count). The maximum atomic E-state index is 12.7. The van der Waals surface area contributed by atoms with Crippen LogP contribution in [0.5, 0.6) is 0 Å². The molecule has 0 aromatic carbocycles. The number of aryl methyl sites for hydroxylation is 1. The Hall–Kier alpha value is -3.41. The maximum absolute atomic E-state index is 12.7. The Bertz CT molecular complexity index is 1100. The average Bonchev–Trinajstić information content (AvgIpc) is 3.37. The van der Waals surface area contributed by atoms with Gasteiger partial charge in [0.05, 0.1) is 35.7 Å². The van der Waals surface area contributed by atoms with E-state index in [-0.39, 0.29) is 5.82 Å². The molecule has 0 aliphatic heterocycles. The number of nitrogens with zero attached hydrogens (tertiary/aromatic N) is 7. The topological polar surface area (TPSA) is 93.7 Å². The van der Waals surface area contributed by atoms with Crippen molar-refractivity contribution < 1.29 is 17.7 Å². The van der Waals surface area contributed by atoms with Gasteiger partial charge in [-0.25, -0.2) is 15.0 Å². The van der Waals surface area contributed by atoms with Gasteiger partial charge in [0, 0.05) is 17.3 Å². The van der Waals surface area contributed by atoms with E-state index in [1.165, 1.54) is 11.3 Å². The van der Waals surface area contributed by atoms with E-state index < -0.39 is 12.1 Å². The van der Waals surface area contributed by atoms with E-state index in [0.717, 1.165) is 4.88 Å². The molecule has 0 amide bonds. The molecule has 0 aliphatic carbocycles. The van der Waals surface area contributed by atoms with Gasteiger partial charge in [-0.2, -0.15) is 18.2 Å². The first-order valence-electron chi connectivity index (χ1n) is 8.22. The molecule has 0 saturated heterocycles. The summed E-state index contributed by atoms with van der Waals surface area (Å²) in [5, 5.41) is 3.42. The number of aromatic nitrogens is 6. The molecular formula is C17H12F3N7OS. The highest BCUT2D eigenvalue weighted by atomic mass is 32.1. The minimum absolute atomic E-state index is 0.113. The SMILES string of the molecule is Cc1ncc(N(Cc2ccc(-c3noc(C(F)(F)F)n3)s2)c2cnccn2)cn1. The second kappa shape index (κ2) is 7.54. The standard InChI is InChI=1S/C17H12F3N7OS/c1-10-23-6-11(7-24-10)27(14-8-21-4-5-22-14)9-12-2-3-13(29-12)15-25-16(28-26-15)17(18,19)20/h2-8H,9H2,1H3. The number of alkyl halides is 3. The molecule has 148 valence electrons. The summed E-state index contributed by atoms with van der Waals surface area (Å²) >= 11 is 1.25. The van der Waals surface area contributed by atoms with Crippen LogP contribution in [-0.2, 0) is 12.7 Å². The molecule has 8 nitrogen and oxygen atoms in total. The number of hydrogen-bond acceptors (Lipinski definition) is 9. The molecule has 0 radical (unpaired) electrons. The summed E-state index contributed by atoms with van der Waals surface area (Å²) in [5.74, 6) is -0.281. The van der Waals surface area contributed by atoms with E-state index in [0.29, 0.717) is 28.8 Å². The first-order valence-corrected chi connectivity index (χ1v) is 9.04. The van der Waals surface area contributed by atoms with Crippen molar-refractivity contribution >= 4 is 22.8 Å². The zero-order chi connectivity index (χ0) is 20.4. The quantitative estimate of drug-likeness (QED) is 0.478. The highest BCUT2D eigenvalue weighted by Crippen LogP contribution is 2.33. The molecule has 12 heteroatoms. The first kappa shape index (κ1) is 18.9. The molecule has 0 bridgehead atoms. The second-order valence-corrected chi connectivity index (χ2v) is 6.99. The van der Waals surface area contributed by atoms with E-state index >= 15 is 0 Å². The van der Waals surface area contributed by atoms with Gasteiger partial charge in [-0.1, -0.05) is 5.16 Å². The maximum Gasteiger partial charge on any atom is 0.471 e. The van der Waals surface area contributed by atoms with Crippen LogP contribution in [0.2, 0.25) is 0 Å². The van der Waals surface area contributed by atoms with E-state index in [1.54, 1.807) is 50.0 Å². The summed E-state index contributed by atoms with van der Waals surface area (Å²) < 4.78 is 42.3. The summed E-state index contributed by atoms with van der Waals surface area (Å²) in [6.07, 6.45) is 3.38. The van der Waals surface area contributed by atoms with Crippen molar-refractivity contribution in [1.82, 2.24) is 30.1 Å². The molecule has 4 aromatic heterocycles. The molecule has 0 spiro atoms. The Balaban J connectivity index is 1.62. The van der Waals surface area contributed by atoms with Crippen LogP contribution >= 0.6 is 11.3 Å². The summed E-state index contributed by atoms with van der Waals surface area (Å²) in [6.45, 7) is 2.15. The Labute approximate surface area is 166 Å². The van der Waals surface area contributed by atoms with Gasteiger partial charge in [-0.05, 0) is 19.1 Å². The van der Waals surface area contributed by atoms with Crippen LogP contribution in [0.25, 0.3) is 10.7 Å². The minimum atomic E-state index is -4.68.